The molecule has 0 aromatic rings. The molecule has 2 aliphatic rings. The smallest absolute Gasteiger partial charge is 0.187 e. The van der Waals surface area contributed by atoms with Crippen LogP contribution in [-0.4, -0.2) is 24.2 Å². The van der Waals surface area contributed by atoms with Crippen LogP contribution in [0.15, 0.2) is 84.3 Å². The molecule has 1 radical (unpaired) electrons. The third-order valence-corrected chi connectivity index (χ3v) is 3.78. The molecule has 0 amide bonds. The fourth-order valence-electron chi connectivity index (χ4n) is 2.34. The topological polar surface area (TPSA) is 58.2 Å². The first kappa shape index (κ1) is 21.5. The molecular formula is C21H23CoN2O2-. The summed E-state index contributed by atoms with van der Waals surface area (Å²) in [6.45, 7) is 8.27. The summed E-state index contributed by atoms with van der Waals surface area (Å²) >= 11 is 0. The van der Waals surface area contributed by atoms with Gasteiger partial charge in [-0.1, -0.05) is 30.7 Å². The number of allylic oxidation sites excluding steroid dienone is 11. The van der Waals surface area contributed by atoms with E-state index in [1.165, 1.54) is 12.2 Å². The van der Waals surface area contributed by atoms with Gasteiger partial charge in [0.1, 0.15) is 0 Å². The third-order valence-electron chi connectivity index (χ3n) is 3.78. The van der Waals surface area contributed by atoms with Gasteiger partial charge < -0.3 is 10.6 Å². The minimum Gasteiger partial charge on any atom is -0.388 e. The van der Waals surface area contributed by atoms with Crippen LogP contribution >= 0.6 is 0 Å². The number of nitrogens with one attached hydrogen (secondary N) is 2. The number of rotatable bonds is 8. The molecule has 0 heterocycles. The van der Waals surface area contributed by atoms with Crippen molar-refractivity contribution >= 4 is 11.6 Å². The molecule has 0 saturated carbocycles. The van der Waals surface area contributed by atoms with E-state index in [0.717, 1.165) is 18.4 Å². The zero-order valence-electron chi connectivity index (χ0n) is 14.5. The van der Waals surface area contributed by atoms with Crippen molar-refractivity contribution in [2.75, 3.05) is 6.54 Å². The fraction of sp³-hybridized carbons (Fsp3) is 0.190. The fourth-order valence-corrected chi connectivity index (χ4v) is 2.34. The first-order valence-electron chi connectivity index (χ1n) is 8.24. The van der Waals surface area contributed by atoms with E-state index in [-0.39, 0.29) is 34.4 Å². The SMILES string of the molecule is C=C([CH2-])CCC(CN/C=C1/C=CC=CC1=O)N/C=C1/C=CC=CC1=O.[Co]. The molecular weight excluding hydrogens is 371 g/mol. The third kappa shape index (κ3) is 7.17. The van der Waals surface area contributed by atoms with Gasteiger partial charge in [0.25, 0.3) is 0 Å². The average molecular weight is 394 g/mol. The zero-order valence-corrected chi connectivity index (χ0v) is 15.6. The molecule has 0 spiro atoms. The summed E-state index contributed by atoms with van der Waals surface area (Å²) in [4.78, 5) is 23.5. The molecule has 1 atom stereocenters. The van der Waals surface area contributed by atoms with Gasteiger partial charge in [-0.15, -0.1) is 0 Å². The molecule has 1 unspecified atom stereocenters. The van der Waals surface area contributed by atoms with Gasteiger partial charge in [-0.05, 0) is 30.7 Å². The average Bonchev–Trinajstić information content (AvgIpc) is 2.59. The van der Waals surface area contributed by atoms with Crippen LogP contribution in [0.2, 0.25) is 0 Å². The maximum atomic E-state index is 11.8. The largest absolute Gasteiger partial charge is 0.388 e. The van der Waals surface area contributed by atoms with E-state index in [1.54, 1.807) is 36.7 Å². The second-order valence-corrected chi connectivity index (χ2v) is 5.92. The standard InChI is InChI=1S/C21H23N2O2.Co/c1-16(2)11-12-19(23-14-18-8-4-6-10-21(18)25)15-22-13-17-7-3-5-9-20(17)24;/h3-10,13-14,19,22-23H,1-2,11-12,15H2;/q-1;/b17-13-,18-14-;. The normalized spacial score (nSPS) is 19.5. The Labute approximate surface area is 165 Å². The van der Waals surface area contributed by atoms with Crippen LogP contribution in [0.25, 0.3) is 0 Å². The monoisotopic (exact) mass is 394 g/mol. The maximum absolute atomic E-state index is 11.8. The molecule has 139 valence electrons. The second-order valence-electron chi connectivity index (χ2n) is 5.92. The second kappa shape index (κ2) is 11.2. The summed E-state index contributed by atoms with van der Waals surface area (Å²) < 4.78 is 0. The van der Waals surface area contributed by atoms with Crippen molar-refractivity contribution in [3.63, 3.8) is 0 Å². The Bertz CT molecular complexity index is 724. The van der Waals surface area contributed by atoms with Crippen LogP contribution in [-0.2, 0) is 26.4 Å². The van der Waals surface area contributed by atoms with Gasteiger partial charge in [-0.25, -0.2) is 19.1 Å². The van der Waals surface area contributed by atoms with Gasteiger partial charge in [0.2, 0.25) is 0 Å². The summed E-state index contributed by atoms with van der Waals surface area (Å²) in [5.41, 5.74) is 2.11. The molecule has 4 nitrogen and oxygen atoms in total. The molecule has 0 fully saturated rings. The van der Waals surface area contributed by atoms with Gasteiger partial charge >= 0.3 is 0 Å². The van der Waals surface area contributed by atoms with E-state index in [2.05, 4.69) is 24.1 Å². The first-order valence-corrected chi connectivity index (χ1v) is 8.24. The molecule has 2 N–H and O–H groups in total. The van der Waals surface area contributed by atoms with Crippen LogP contribution in [0.4, 0.5) is 0 Å². The van der Waals surface area contributed by atoms with Gasteiger partial charge in [0.15, 0.2) is 11.6 Å². The van der Waals surface area contributed by atoms with Gasteiger partial charge in [0.05, 0.1) is 0 Å². The molecule has 0 aromatic heterocycles. The Morgan fingerprint density at radius 2 is 1.54 bits per heavy atom. The number of hydrogen-bond donors (Lipinski definition) is 2. The van der Waals surface area contributed by atoms with E-state index in [4.69, 9.17) is 0 Å². The number of carbonyl (C=O) groups excluding carboxylic acids is 2. The zero-order chi connectivity index (χ0) is 18.1. The van der Waals surface area contributed by atoms with Crippen molar-refractivity contribution < 1.29 is 26.4 Å². The summed E-state index contributed by atoms with van der Waals surface area (Å²) in [7, 11) is 0. The summed E-state index contributed by atoms with van der Waals surface area (Å²) in [6, 6.07) is 0.0770. The maximum Gasteiger partial charge on any atom is 0.187 e. The van der Waals surface area contributed by atoms with Crippen molar-refractivity contribution in [3.05, 3.63) is 91.2 Å². The Kier molecular flexibility index (Phi) is 9.26. The Balaban J connectivity index is 0.00000338. The minimum absolute atomic E-state index is 0. The Morgan fingerprint density at radius 1 is 1.00 bits per heavy atom. The van der Waals surface area contributed by atoms with Crippen molar-refractivity contribution in [1.82, 2.24) is 10.6 Å². The molecule has 5 heteroatoms. The molecule has 0 aromatic carbocycles. The molecule has 0 saturated heterocycles. The number of ketones is 2. The van der Waals surface area contributed by atoms with E-state index in [1.807, 2.05) is 12.2 Å². The number of hydrogen-bond acceptors (Lipinski definition) is 4. The van der Waals surface area contributed by atoms with E-state index < -0.39 is 0 Å². The predicted molar refractivity (Wildman–Crippen MR) is 101 cm³/mol. The Morgan fingerprint density at radius 3 is 2.08 bits per heavy atom. The molecule has 26 heavy (non-hydrogen) atoms. The van der Waals surface area contributed by atoms with Gasteiger partial charge in [-0.2, -0.15) is 0 Å². The van der Waals surface area contributed by atoms with Crippen LogP contribution in [0, 0.1) is 6.92 Å². The number of carbonyl (C=O) groups is 2. The summed E-state index contributed by atoms with van der Waals surface area (Å²) in [5.74, 6) is -0.0346. The van der Waals surface area contributed by atoms with Crippen molar-refractivity contribution in [2.24, 2.45) is 0 Å². The predicted octanol–water partition coefficient (Wildman–Crippen LogP) is 2.86. The minimum atomic E-state index is -0.0184. The van der Waals surface area contributed by atoms with E-state index >= 15 is 0 Å². The Hall–Kier alpha value is -2.50. The molecule has 0 bridgehead atoms. The van der Waals surface area contributed by atoms with Crippen LogP contribution in [0.5, 0.6) is 0 Å². The summed E-state index contributed by atoms with van der Waals surface area (Å²) in [5, 5.41) is 6.46. The summed E-state index contributed by atoms with van der Waals surface area (Å²) in [6.07, 6.45) is 18.8. The molecule has 2 aliphatic carbocycles. The van der Waals surface area contributed by atoms with Crippen LogP contribution < -0.4 is 10.6 Å². The quantitative estimate of drug-likeness (QED) is 0.491. The molecule has 0 aliphatic heterocycles. The van der Waals surface area contributed by atoms with Crippen molar-refractivity contribution in [2.45, 2.75) is 18.9 Å². The van der Waals surface area contributed by atoms with E-state index in [0.29, 0.717) is 17.7 Å². The van der Waals surface area contributed by atoms with Gasteiger partial charge in [-0.3, -0.25) is 9.59 Å². The first-order chi connectivity index (χ1) is 12.1. The van der Waals surface area contributed by atoms with Crippen LogP contribution in [0.1, 0.15) is 12.8 Å². The van der Waals surface area contributed by atoms with Crippen molar-refractivity contribution in [3.8, 4) is 0 Å². The van der Waals surface area contributed by atoms with Crippen molar-refractivity contribution in [1.29, 1.82) is 0 Å². The molecule has 2 rings (SSSR count). The van der Waals surface area contributed by atoms with Gasteiger partial charge in [0, 0.05) is 52.9 Å². The van der Waals surface area contributed by atoms with E-state index in [9.17, 15) is 9.59 Å². The van der Waals surface area contributed by atoms with Crippen LogP contribution in [0.3, 0.4) is 0 Å².